The van der Waals surface area contributed by atoms with Crippen molar-refractivity contribution in [3.63, 3.8) is 0 Å². The maximum Gasteiger partial charge on any atom is 0.262 e. The molecule has 0 spiro atoms. The molecule has 0 radical (unpaired) electrons. The van der Waals surface area contributed by atoms with E-state index < -0.39 is 0 Å². The molecule has 3 heteroatoms. The molecule has 0 aromatic heterocycles. The smallest absolute Gasteiger partial charge is 0.262 e. The summed E-state index contributed by atoms with van der Waals surface area (Å²) in [6.45, 7) is 4.31. The average molecular weight is 311 g/mol. The molecular weight excluding hydrogens is 286 g/mol. The van der Waals surface area contributed by atoms with Gasteiger partial charge in [0.05, 0.1) is 0 Å². The van der Waals surface area contributed by atoms with Crippen molar-refractivity contribution in [3.05, 3.63) is 59.7 Å². The molecular formula is C20H25NO2. The largest absolute Gasteiger partial charge is 0.484 e. The first-order valence-corrected chi connectivity index (χ1v) is 8.31. The molecule has 0 bridgehead atoms. The van der Waals surface area contributed by atoms with Gasteiger partial charge in [-0.25, -0.2) is 0 Å². The van der Waals surface area contributed by atoms with Gasteiger partial charge < -0.3 is 10.1 Å². The van der Waals surface area contributed by atoms with Gasteiger partial charge in [-0.3, -0.25) is 4.79 Å². The lowest BCUT2D eigenvalue weighted by molar-refractivity contribution is -0.118. The molecule has 0 aliphatic heterocycles. The van der Waals surface area contributed by atoms with E-state index in [1.54, 1.807) is 0 Å². The number of carbonyl (C=O) groups excluding carboxylic acids is 1. The van der Waals surface area contributed by atoms with Crippen molar-refractivity contribution in [1.29, 1.82) is 0 Å². The number of carbonyl (C=O) groups is 1. The monoisotopic (exact) mass is 311 g/mol. The Morgan fingerprint density at radius 1 is 0.957 bits per heavy atom. The Morgan fingerprint density at radius 2 is 1.61 bits per heavy atom. The number of benzene rings is 2. The SMILES string of the molecule is CCCCc1ccc(NC(=O)COc2ccc(CC)cc2)cc1. The van der Waals surface area contributed by atoms with Gasteiger partial charge in [-0.2, -0.15) is 0 Å². The van der Waals surface area contributed by atoms with E-state index in [1.165, 1.54) is 24.0 Å². The Balaban J connectivity index is 1.79. The fourth-order valence-corrected chi connectivity index (χ4v) is 2.30. The summed E-state index contributed by atoms with van der Waals surface area (Å²) in [6.07, 6.45) is 4.46. The second-order valence-corrected chi connectivity index (χ2v) is 5.63. The maximum absolute atomic E-state index is 11.9. The highest BCUT2D eigenvalue weighted by molar-refractivity contribution is 5.91. The standard InChI is InChI=1S/C20H25NO2/c1-3-5-6-17-7-11-18(12-8-17)21-20(22)15-23-19-13-9-16(4-2)10-14-19/h7-14H,3-6,15H2,1-2H3,(H,21,22). The number of rotatable bonds is 8. The van der Waals surface area contributed by atoms with Crippen LogP contribution in [0, 0.1) is 0 Å². The zero-order valence-corrected chi connectivity index (χ0v) is 14.0. The minimum atomic E-state index is -0.147. The Bertz CT molecular complexity index is 603. The van der Waals surface area contributed by atoms with Gasteiger partial charge in [-0.15, -0.1) is 0 Å². The Morgan fingerprint density at radius 3 is 2.22 bits per heavy atom. The van der Waals surface area contributed by atoms with Gasteiger partial charge in [0.1, 0.15) is 5.75 Å². The van der Waals surface area contributed by atoms with Crippen LogP contribution in [0.15, 0.2) is 48.5 Å². The molecule has 0 atom stereocenters. The number of unbranched alkanes of at least 4 members (excludes halogenated alkanes) is 1. The number of nitrogens with one attached hydrogen (secondary N) is 1. The topological polar surface area (TPSA) is 38.3 Å². The minimum Gasteiger partial charge on any atom is -0.484 e. The van der Waals surface area contributed by atoms with E-state index in [9.17, 15) is 4.79 Å². The maximum atomic E-state index is 11.9. The molecule has 3 nitrogen and oxygen atoms in total. The minimum absolute atomic E-state index is 0.0169. The third-order valence-corrected chi connectivity index (χ3v) is 3.76. The van der Waals surface area contributed by atoms with Crippen molar-refractivity contribution >= 4 is 11.6 Å². The first-order valence-electron chi connectivity index (χ1n) is 8.31. The highest BCUT2D eigenvalue weighted by Gasteiger charge is 2.04. The van der Waals surface area contributed by atoms with E-state index in [1.807, 2.05) is 36.4 Å². The van der Waals surface area contributed by atoms with Crippen LogP contribution in [0.25, 0.3) is 0 Å². The van der Waals surface area contributed by atoms with E-state index in [4.69, 9.17) is 4.74 Å². The van der Waals surface area contributed by atoms with Gasteiger partial charge in [0, 0.05) is 5.69 Å². The molecule has 2 aromatic rings. The molecule has 0 saturated heterocycles. The fraction of sp³-hybridized carbons (Fsp3) is 0.350. The van der Waals surface area contributed by atoms with Crippen LogP contribution in [-0.2, 0) is 17.6 Å². The average Bonchev–Trinajstić information content (AvgIpc) is 2.60. The number of ether oxygens (including phenoxy) is 1. The molecule has 0 aliphatic rings. The van der Waals surface area contributed by atoms with Crippen LogP contribution in [-0.4, -0.2) is 12.5 Å². The summed E-state index contributed by atoms with van der Waals surface area (Å²) in [7, 11) is 0. The summed E-state index contributed by atoms with van der Waals surface area (Å²) < 4.78 is 5.50. The molecule has 23 heavy (non-hydrogen) atoms. The van der Waals surface area contributed by atoms with Gasteiger partial charge in [0.25, 0.3) is 5.91 Å². The van der Waals surface area contributed by atoms with Gasteiger partial charge in [0.15, 0.2) is 6.61 Å². The Kier molecular flexibility index (Phi) is 6.67. The van der Waals surface area contributed by atoms with Gasteiger partial charge >= 0.3 is 0 Å². The van der Waals surface area contributed by atoms with E-state index >= 15 is 0 Å². The first kappa shape index (κ1) is 17.1. The molecule has 0 fully saturated rings. The number of amides is 1. The fourth-order valence-electron chi connectivity index (χ4n) is 2.30. The van der Waals surface area contributed by atoms with Gasteiger partial charge in [-0.05, 0) is 54.7 Å². The number of aryl methyl sites for hydroxylation is 2. The zero-order chi connectivity index (χ0) is 16.5. The molecule has 0 heterocycles. The van der Waals surface area contributed by atoms with Crippen LogP contribution in [0.2, 0.25) is 0 Å². The van der Waals surface area contributed by atoms with Crippen molar-refractivity contribution in [2.45, 2.75) is 39.5 Å². The van der Waals surface area contributed by atoms with E-state index in [2.05, 4.69) is 31.3 Å². The van der Waals surface area contributed by atoms with Crippen molar-refractivity contribution in [2.24, 2.45) is 0 Å². The normalized spacial score (nSPS) is 10.3. The Hall–Kier alpha value is -2.29. The van der Waals surface area contributed by atoms with Crippen molar-refractivity contribution in [3.8, 4) is 5.75 Å². The molecule has 1 amide bonds. The van der Waals surface area contributed by atoms with Crippen LogP contribution in [0.1, 0.15) is 37.8 Å². The lowest BCUT2D eigenvalue weighted by Gasteiger charge is -2.08. The summed E-state index contributed by atoms with van der Waals surface area (Å²) in [6, 6.07) is 15.8. The second-order valence-electron chi connectivity index (χ2n) is 5.63. The summed E-state index contributed by atoms with van der Waals surface area (Å²) in [5.41, 5.74) is 3.36. The molecule has 122 valence electrons. The van der Waals surface area contributed by atoms with Crippen molar-refractivity contribution < 1.29 is 9.53 Å². The lowest BCUT2D eigenvalue weighted by atomic mass is 10.1. The van der Waals surface area contributed by atoms with E-state index in [0.717, 1.165) is 18.5 Å². The summed E-state index contributed by atoms with van der Waals surface area (Å²) >= 11 is 0. The number of hydrogen-bond donors (Lipinski definition) is 1. The molecule has 1 N–H and O–H groups in total. The van der Waals surface area contributed by atoms with Crippen LogP contribution in [0.3, 0.4) is 0 Å². The highest BCUT2D eigenvalue weighted by atomic mass is 16.5. The van der Waals surface area contributed by atoms with Crippen LogP contribution < -0.4 is 10.1 Å². The quantitative estimate of drug-likeness (QED) is 0.773. The molecule has 0 saturated carbocycles. The van der Waals surface area contributed by atoms with Crippen molar-refractivity contribution in [1.82, 2.24) is 0 Å². The summed E-state index contributed by atoms with van der Waals surface area (Å²) in [5, 5.41) is 2.85. The van der Waals surface area contributed by atoms with E-state index in [-0.39, 0.29) is 12.5 Å². The van der Waals surface area contributed by atoms with Crippen LogP contribution in [0.4, 0.5) is 5.69 Å². The molecule has 0 aliphatic carbocycles. The Labute approximate surface area is 138 Å². The summed E-state index contributed by atoms with van der Waals surface area (Å²) in [4.78, 5) is 11.9. The number of hydrogen-bond acceptors (Lipinski definition) is 2. The van der Waals surface area contributed by atoms with Gasteiger partial charge in [-0.1, -0.05) is 44.5 Å². The van der Waals surface area contributed by atoms with E-state index in [0.29, 0.717) is 5.75 Å². The molecule has 0 unspecified atom stereocenters. The zero-order valence-electron chi connectivity index (χ0n) is 14.0. The van der Waals surface area contributed by atoms with Crippen LogP contribution in [0.5, 0.6) is 5.75 Å². The number of anilines is 1. The first-order chi connectivity index (χ1) is 11.2. The van der Waals surface area contributed by atoms with Crippen molar-refractivity contribution in [2.75, 3.05) is 11.9 Å². The van der Waals surface area contributed by atoms with Crippen LogP contribution >= 0.6 is 0 Å². The molecule has 2 rings (SSSR count). The highest BCUT2D eigenvalue weighted by Crippen LogP contribution is 2.14. The predicted molar refractivity (Wildman–Crippen MR) is 95.0 cm³/mol. The predicted octanol–water partition coefficient (Wildman–Crippen LogP) is 4.61. The second kappa shape index (κ2) is 8.99. The summed E-state index contributed by atoms with van der Waals surface area (Å²) in [5.74, 6) is 0.568. The third kappa shape index (κ3) is 5.78. The third-order valence-electron chi connectivity index (χ3n) is 3.76. The lowest BCUT2D eigenvalue weighted by Crippen LogP contribution is -2.20. The van der Waals surface area contributed by atoms with Gasteiger partial charge in [0.2, 0.25) is 0 Å². The molecule has 2 aromatic carbocycles.